The molecule has 0 fully saturated rings. The Balaban J connectivity index is 2.26. The number of aliphatic carboxylic acids is 1. The lowest BCUT2D eigenvalue weighted by Gasteiger charge is -2.06. The average Bonchev–Trinajstić information content (AvgIpc) is 2.19. The van der Waals surface area contributed by atoms with E-state index >= 15 is 0 Å². The first-order chi connectivity index (χ1) is 6.70. The van der Waals surface area contributed by atoms with Crippen LogP contribution in [0.5, 0.6) is 0 Å². The molecule has 1 aromatic carbocycles. The van der Waals surface area contributed by atoms with Crippen LogP contribution < -0.4 is 0 Å². The van der Waals surface area contributed by atoms with Gasteiger partial charge in [-0.3, -0.25) is 0 Å². The number of hydrogen-bond donors (Lipinski definition) is 2. The summed E-state index contributed by atoms with van der Waals surface area (Å²) in [5, 5.41) is 17.2. The summed E-state index contributed by atoms with van der Waals surface area (Å²) < 4.78 is 5.01. The lowest BCUT2D eigenvalue weighted by Crippen LogP contribution is -2.25. The minimum Gasteiger partial charge on any atom is -0.479 e. The number of carbonyl (C=O) groups is 1. The molecule has 0 radical (unpaired) electrons. The second-order valence-corrected chi connectivity index (χ2v) is 2.85. The summed E-state index contributed by atoms with van der Waals surface area (Å²) in [5.74, 6) is -1.27. The summed E-state index contributed by atoms with van der Waals surface area (Å²) in [5.41, 5.74) is 0.949. The highest BCUT2D eigenvalue weighted by atomic mass is 16.5. The summed E-state index contributed by atoms with van der Waals surface area (Å²) in [4.78, 5) is 10.2. The quantitative estimate of drug-likeness (QED) is 0.725. The van der Waals surface area contributed by atoms with Crippen LogP contribution in [0.4, 0.5) is 0 Å². The maximum Gasteiger partial charge on any atom is 0.334 e. The van der Waals surface area contributed by atoms with Gasteiger partial charge in [0.1, 0.15) is 0 Å². The summed E-state index contributed by atoms with van der Waals surface area (Å²) in [6.07, 6.45) is -1.45. The van der Waals surface area contributed by atoms with E-state index in [1.807, 2.05) is 30.3 Å². The number of carboxylic acid groups (broad SMARTS) is 1. The first kappa shape index (κ1) is 10.7. The van der Waals surface area contributed by atoms with E-state index in [1.165, 1.54) is 0 Å². The maximum atomic E-state index is 10.2. The van der Waals surface area contributed by atoms with E-state index in [2.05, 4.69) is 0 Å². The molecule has 14 heavy (non-hydrogen) atoms. The lowest BCUT2D eigenvalue weighted by atomic mass is 10.2. The highest BCUT2D eigenvalue weighted by molar-refractivity contribution is 5.71. The van der Waals surface area contributed by atoms with Gasteiger partial charge in [0, 0.05) is 0 Å². The van der Waals surface area contributed by atoms with Crippen molar-refractivity contribution in [3.8, 4) is 0 Å². The van der Waals surface area contributed by atoms with Crippen molar-refractivity contribution in [3.05, 3.63) is 35.9 Å². The van der Waals surface area contributed by atoms with Gasteiger partial charge in [-0.2, -0.15) is 0 Å². The van der Waals surface area contributed by atoms with Gasteiger partial charge in [0.25, 0.3) is 0 Å². The van der Waals surface area contributed by atoms with E-state index in [4.69, 9.17) is 14.9 Å². The van der Waals surface area contributed by atoms with Crippen LogP contribution in [0.15, 0.2) is 30.3 Å². The fourth-order valence-electron chi connectivity index (χ4n) is 0.934. The molecule has 76 valence electrons. The lowest BCUT2D eigenvalue weighted by molar-refractivity contribution is -0.150. The summed E-state index contributed by atoms with van der Waals surface area (Å²) >= 11 is 0. The van der Waals surface area contributed by atoms with Crippen LogP contribution in [0.1, 0.15) is 5.56 Å². The molecular formula is C10H12O4. The van der Waals surface area contributed by atoms with Crippen molar-refractivity contribution in [2.75, 3.05) is 6.61 Å². The Morgan fingerprint density at radius 1 is 1.36 bits per heavy atom. The minimum absolute atomic E-state index is 0.190. The molecule has 0 amide bonds. The van der Waals surface area contributed by atoms with E-state index in [0.717, 1.165) is 5.56 Å². The second kappa shape index (κ2) is 5.36. The van der Waals surface area contributed by atoms with Gasteiger partial charge in [-0.1, -0.05) is 30.3 Å². The minimum atomic E-state index is -1.45. The van der Waals surface area contributed by atoms with Crippen molar-refractivity contribution in [2.45, 2.75) is 12.7 Å². The van der Waals surface area contributed by atoms with Gasteiger partial charge in [0.2, 0.25) is 0 Å². The number of rotatable bonds is 5. The van der Waals surface area contributed by atoms with E-state index in [-0.39, 0.29) is 6.61 Å². The normalized spacial score (nSPS) is 12.4. The Kier molecular flexibility index (Phi) is 4.10. The highest BCUT2D eigenvalue weighted by Gasteiger charge is 2.12. The Morgan fingerprint density at radius 2 is 2.00 bits per heavy atom. The van der Waals surface area contributed by atoms with Gasteiger partial charge < -0.3 is 14.9 Å². The van der Waals surface area contributed by atoms with Crippen LogP contribution in [0, 0.1) is 0 Å². The van der Waals surface area contributed by atoms with E-state index < -0.39 is 12.1 Å². The standard InChI is InChI=1S/C10H12O4/c11-9(10(12)13)7-14-6-8-4-2-1-3-5-8/h1-5,9,11H,6-7H2,(H,12,13). The smallest absolute Gasteiger partial charge is 0.334 e. The van der Waals surface area contributed by atoms with Crippen molar-refractivity contribution in [1.82, 2.24) is 0 Å². The largest absolute Gasteiger partial charge is 0.479 e. The molecule has 1 atom stereocenters. The average molecular weight is 196 g/mol. The molecule has 4 heteroatoms. The maximum absolute atomic E-state index is 10.2. The van der Waals surface area contributed by atoms with Gasteiger partial charge in [-0.05, 0) is 5.56 Å². The van der Waals surface area contributed by atoms with Crippen LogP contribution in [-0.2, 0) is 16.1 Å². The molecule has 0 spiro atoms. The zero-order chi connectivity index (χ0) is 10.4. The molecule has 0 saturated carbocycles. The van der Waals surface area contributed by atoms with Crippen LogP contribution in [0.3, 0.4) is 0 Å². The number of carboxylic acids is 1. The molecule has 1 aromatic rings. The third-order valence-corrected chi connectivity index (χ3v) is 1.67. The number of aliphatic hydroxyl groups is 1. The molecule has 2 N–H and O–H groups in total. The molecule has 0 heterocycles. The number of aliphatic hydroxyl groups excluding tert-OH is 1. The first-order valence-electron chi connectivity index (χ1n) is 4.22. The zero-order valence-corrected chi connectivity index (χ0v) is 7.59. The summed E-state index contributed by atoms with van der Waals surface area (Å²) in [6, 6.07) is 9.36. The third kappa shape index (κ3) is 3.55. The van der Waals surface area contributed by atoms with Gasteiger partial charge >= 0.3 is 5.97 Å². The Labute approximate surface area is 81.8 Å². The summed E-state index contributed by atoms with van der Waals surface area (Å²) in [7, 11) is 0. The Hall–Kier alpha value is -1.39. The van der Waals surface area contributed by atoms with Crippen LogP contribution in [0.2, 0.25) is 0 Å². The second-order valence-electron chi connectivity index (χ2n) is 2.85. The fraction of sp³-hybridized carbons (Fsp3) is 0.300. The van der Waals surface area contributed by atoms with Crippen LogP contribution in [0.25, 0.3) is 0 Å². The van der Waals surface area contributed by atoms with Gasteiger partial charge in [0.05, 0.1) is 13.2 Å². The fourth-order valence-corrected chi connectivity index (χ4v) is 0.934. The van der Waals surface area contributed by atoms with Crippen LogP contribution >= 0.6 is 0 Å². The van der Waals surface area contributed by atoms with E-state index in [0.29, 0.717) is 6.61 Å². The third-order valence-electron chi connectivity index (χ3n) is 1.67. The predicted molar refractivity (Wildman–Crippen MR) is 49.7 cm³/mol. The molecule has 0 saturated heterocycles. The molecule has 0 aliphatic rings. The molecule has 1 rings (SSSR count). The highest BCUT2D eigenvalue weighted by Crippen LogP contribution is 2.00. The van der Waals surface area contributed by atoms with Crippen molar-refractivity contribution in [1.29, 1.82) is 0 Å². The van der Waals surface area contributed by atoms with Gasteiger partial charge in [-0.15, -0.1) is 0 Å². The predicted octanol–water partition coefficient (Wildman–Crippen LogP) is 0.649. The molecule has 0 aliphatic carbocycles. The molecule has 1 unspecified atom stereocenters. The van der Waals surface area contributed by atoms with Crippen LogP contribution in [-0.4, -0.2) is 28.9 Å². The molecule has 0 aliphatic heterocycles. The monoisotopic (exact) mass is 196 g/mol. The van der Waals surface area contributed by atoms with Crippen molar-refractivity contribution in [2.24, 2.45) is 0 Å². The molecule has 4 nitrogen and oxygen atoms in total. The Morgan fingerprint density at radius 3 is 2.57 bits per heavy atom. The number of benzene rings is 1. The van der Waals surface area contributed by atoms with Crippen molar-refractivity contribution >= 4 is 5.97 Å². The van der Waals surface area contributed by atoms with Gasteiger partial charge in [-0.25, -0.2) is 4.79 Å². The molecular weight excluding hydrogens is 184 g/mol. The van der Waals surface area contributed by atoms with Crippen molar-refractivity contribution in [3.63, 3.8) is 0 Å². The number of hydrogen-bond acceptors (Lipinski definition) is 3. The summed E-state index contributed by atoms with van der Waals surface area (Å²) in [6.45, 7) is 0.120. The van der Waals surface area contributed by atoms with Gasteiger partial charge in [0.15, 0.2) is 6.10 Å². The number of ether oxygens (including phenoxy) is 1. The Bertz CT molecular complexity index is 283. The van der Waals surface area contributed by atoms with E-state index in [9.17, 15) is 4.79 Å². The zero-order valence-electron chi connectivity index (χ0n) is 7.59. The first-order valence-corrected chi connectivity index (χ1v) is 4.22. The molecule has 0 bridgehead atoms. The molecule has 0 aromatic heterocycles. The van der Waals surface area contributed by atoms with E-state index in [1.54, 1.807) is 0 Å². The SMILES string of the molecule is O=C(O)C(O)COCc1ccccc1. The topological polar surface area (TPSA) is 66.8 Å². The van der Waals surface area contributed by atoms with Crippen molar-refractivity contribution < 1.29 is 19.7 Å².